The average molecular weight is 326 g/mol. The number of anilines is 1. The molecule has 2 rings (SSSR count). The Morgan fingerprint density at radius 1 is 1.63 bits per heavy atom. The summed E-state index contributed by atoms with van der Waals surface area (Å²) in [5, 5.41) is 9.27. The van der Waals surface area contributed by atoms with Crippen LogP contribution in [0.1, 0.15) is 29.4 Å². The molecular weight excluding hydrogens is 310 g/mol. The molecule has 0 aliphatic carbocycles. The van der Waals surface area contributed by atoms with Crippen LogP contribution in [0.2, 0.25) is 0 Å². The number of aromatic nitrogens is 3. The summed E-state index contributed by atoms with van der Waals surface area (Å²) in [5.41, 5.74) is 7.08. The number of nitrogens with zero attached hydrogens (tertiary/aromatic N) is 2. The largest absolute Gasteiger partial charge is 0.384 e. The molecule has 0 aliphatic rings. The molecule has 0 saturated heterocycles. The fourth-order valence-corrected chi connectivity index (χ4v) is 2.28. The van der Waals surface area contributed by atoms with Crippen molar-refractivity contribution in [2.24, 2.45) is 0 Å². The predicted molar refractivity (Wildman–Crippen MR) is 76.6 cm³/mol. The van der Waals surface area contributed by atoms with Crippen molar-refractivity contribution < 1.29 is 4.79 Å². The van der Waals surface area contributed by atoms with Gasteiger partial charge in [-0.15, -0.1) is 0 Å². The normalized spacial score (nSPS) is 10.6. The number of carbonyl (C=O) groups is 1. The molecule has 0 radical (unpaired) electrons. The lowest BCUT2D eigenvalue weighted by Crippen LogP contribution is -2.25. The Balaban J connectivity index is 2.05. The third-order valence-corrected chi connectivity index (χ3v) is 3.18. The molecule has 6 nitrogen and oxygen atoms in total. The van der Waals surface area contributed by atoms with Gasteiger partial charge in [-0.2, -0.15) is 5.10 Å². The lowest BCUT2D eigenvalue weighted by Gasteiger charge is -2.08. The quantitative estimate of drug-likeness (QED) is 0.784. The second kappa shape index (κ2) is 5.92. The Bertz CT molecular complexity index is 574. The van der Waals surface area contributed by atoms with Crippen molar-refractivity contribution in [2.45, 2.75) is 26.4 Å². The Hall–Kier alpha value is -1.76. The Morgan fingerprint density at radius 3 is 3.05 bits per heavy atom. The minimum Gasteiger partial charge on any atom is -0.384 e. The van der Waals surface area contributed by atoms with Crippen LogP contribution in [-0.2, 0) is 13.1 Å². The molecule has 0 saturated carbocycles. The van der Waals surface area contributed by atoms with Crippen LogP contribution in [0.5, 0.6) is 0 Å². The Labute approximate surface area is 119 Å². The van der Waals surface area contributed by atoms with E-state index >= 15 is 0 Å². The molecule has 2 heterocycles. The third kappa shape index (κ3) is 3.17. The highest BCUT2D eigenvalue weighted by Crippen LogP contribution is 2.16. The molecule has 0 spiro atoms. The smallest absolute Gasteiger partial charge is 0.268 e. The van der Waals surface area contributed by atoms with Crippen molar-refractivity contribution in [3.63, 3.8) is 0 Å². The standard InChI is InChI=1S/C12H16BrN5O/c1-2-3-18-7-9(13)4-10(18)12(19)15-5-8-6-16-17-11(8)14/h4,6-7H,2-3,5H2,1H3,(H,15,19)(H3,14,16,17). The van der Waals surface area contributed by atoms with E-state index in [9.17, 15) is 4.79 Å². The SMILES string of the molecule is CCCn1cc(Br)cc1C(=O)NCc1cn[nH]c1N. The van der Waals surface area contributed by atoms with Crippen LogP contribution < -0.4 is 11.1 Å². The van der Waals surface area contributed by atoms with Crippen molar-refractivity contribution in [3.05, 3.63) is 34.2 Å². The van der Waals surface area contributed by atoms with Gasteiger partial charge in [-0.05, 0) is 28.4 Å². The van der Waals surface area contributed by atoms with Gasteiger partial charge < -0.3 is 15.6 Å². The molecule has 0 unspecified atom stereocenters. The first kappa shape index (κ1) is 13.7. The summed E-state index contributed by atoms with van der Waals surface area (Å²) in [7, 11) is 0. The molecule has 0 aromatic carbocycles. The molecule has 2 aromatic rings. The van der Waals surface area contributed by atoms with Crippen LogP contribution in [0, 0.1) is 0 Å². The Kier molecular flexibility index (Phi) is 4.26. The van der Waals surface area contributed by atoms with Gasteiger partial charge in [0.25, 0.3) is 5.91 Å². The number of H-pyrrole nitrogens is 1. The van der Waals surface area contributed by atoms with Gasteiger partial charge in [-0.25, -0.2) is 0 Å². The van der Waals surface area contributed by atoms with Crippen LogP contribution in [0.4, 0.5) is 5.82 Å². The highest BCUT2D eigenvalue weighted by Gasteiger charge is 2.13. The van der Waals surface area contributed by atoms with Crippen LogP contribution in [0.25, 0.3) is 0 Å². The van der Waals surface area contributed by atoms with Crippen molar-refractivity contribution in [2.75, 3.05) is 5.73 Å². The second-order valence-electron chi connectivity index (χ2n) is 4.23. The second-order valence-corrected chi connectivity index (χ2v) is 5.14. The van der Waals surface area contributed by atoms with Crippen molar-refractivity contribution in [3.8, 4) is 0 Å². The molecule has 4 N–H and O–H groups in total. The van der Waals surface area contributed by atoms with Gasteiger partial charge in [-0.3, -0.25) is 9.89 Å². The van der Waals surface area contributed by atoms with Crippen LogP contribution >= 0.6 is 15.9 Å². The zero-order valence-electron chi connectivity index (χ0n) is 10.6. The molecule has 0 fully saturated rings. The summed E-state index contributed by atoms with van der Waals surface area (Å²) in [6.45, 7) is 3.24. The molecule has 7 heteroatoms. The van der Waals surface area contributed by atoms with E-state index in [-0.39, 0.29) is 5.91 Å². The zero-order chi connectivity index (χ0) is 13.8. The maximum Gasteiger partial charge on any atom is 0.268 e. The summed E-state index contributed by atoms with van der Waals surface area (Å²) < 4.78 is 2.83. The first-order chi connectivity index (χ1) is 9.11. The fourth-order valence-electron chi connectivity index (χ4n) is 1.82. The maximum atomic E-state index is 12.1. The maximum absolute atomic E-state index is 12.1. The molecular formula is C12H16BrN5O. The first-order valence-corrected chi connectivity index (χ1v) is 6.82. The predicted octanol–water partition coefficient (Wildman–Crippen LogP) is 1.90. The minimum atomic E-state index is -0.125. The van der Waals surface area contributed by atoms with Gasteiger partial charge in [0.1, 0.15) is 11.5 Å². The lowest BCUT2D eigenvalue weighted by atomic mass is 10.3. The van der Waals surface area contributed by atoms with Crippen LogP contribution in [-0.4, -0.2) is 20.7 Å². The van der Waals surface area contributed by atoms with Crippen LogP contribution in [0.15, 0.2) is 22.9 Å². The van der Waals surface area contributed by atoms with Gasteiger partial charge >= 0.3 is 0 Å². The number of rotatable bonds is 5. The van der Waals surface area contributed by atoms with Crippen molar-refractivity contribution in [1.82, 2.24) is 20.1 Å². The monoisotopic (exact) mass is 325 g/mol. The molecule has 1 amide bonds. The van der Waals surface area contributed by atoms with Gasteiger partial charge in [0.15, 0.2) is 0 Å². The number of aromatic amines is 1. The minimum absolute atomic E-state index is 0.125. The molecule has 102 valence electrons. The van der Waals surface area contributed by atoms with E-state index in [0.29, 0.717) is 18.1 Å². The van der Waals surface area contributed by atoms with E-state index in [1.807, 2.05) is 16.8 Å². The summed E-state index contributed by atoms with van der Waals surface area (Å²) in [4.78, 5) is 12.1. The van der Waals surface area contributed by atoms with Gasteiger partial charge in [0.2, 0.25) is 0 Å². The third-order valence-electron chi connectivity index (χ3n) is 2.75. The topological polar surface area (TPSA) is 88.7 Å². The zero-order valence-corrected chi connectivity index (χ0v) is 12.2. The highest BCUT2D eigenvalue weighted by atomic mass is 79.9. The number of carbonyl (C=O) groups excluding carboxylic acids is 1. The van der Waals surface area contributed by atoms with Crippen molar-refractivity contribution >= 4 is 27.7 Å². The van der Waals surface area contributed by atoms with E-state index in [1.165, 1.54) is 0 Å². The number of hydrogen-bond acceptors (Lipinski definition) is 3. The van der Waals surface area contributed by atoms with E-state index in [2.05, 4.69) is 38.4 Å². The van der Waals surface area contributed by atoms with Crippen LogP contribution in [0.3, 0.4) is 0 Å². The van der Waals surface area contributed by atoms with Gasteiger partial charge in [-0.1, -0.05) is 6.92 Å². The number of aryl methyl sites for hydroxylation is 1. The number of hydrogen-bond donors (Lipinski definition) is 3. The van der Waals surface area contributed by atoms with Crippen molar-refractivity contribution in [1.29, 1.82) is 0 Å². The summed E-state index contributed by atoms with van der Waals surface area (Å²) in [5.74, 6) is 0.352. The number of nitrogens with two attached hydrogens (primary N) is 1. The average Bonchev–Trinajstić information content (AvgIpc) is 2.93. The highest BCUT2D eigenvalue weighted by molar-refractivity contribution is 9.10. The molecule has 0 bridgehead atoms. The number of amides is 1. The van der Waals surface area contributed by atoms with Gasteiger partial charge in [0, 0.05) is 29.3 Å². The molecule has 19 heavy (non-hydrogen) atoms. The lowest BCUT2D eigenvalue weighted by molar-refractivity contribution is 0.0941. The van der Waals surface area contributed by atoms with E-state index in [1.54, 1.807) is 6.20 Å². The van der Waals surface area contributed by atoms with Gasteiger partial charge in [0.05, 0.1) is 6.20 Å². The summed E-state index contributed by atoms with van der Waals surface area (Å²) in [6.07, 6.45) is 4.48. The molecule has 0 aliphatic heterocycles. The number of halogens is 1. The first-order valence-electron chi connectivity index (χ1n) is 6.03. The van der Waals surface area contributed by atoms with E-state index in [0.717, 1.165) is 23.0 Å². The summed E-state index contributed by atoms with van der Waals surface area (Å²) in [6, 6.07) is 1.81. The number of nitrogen functional groups attached to an aromatic ring is 1. The molecule has 0 atom stereocenters. The number of nitrogens with one attached hydrogen (secondary N) is 2. The molecule has 2 aromatic heterocycles. The van der Waals surface area contributed by atoms with E-state index in [4.69, 9.17) is 5.73 Å². The summed E-state index contributed by atoms with van der Waals surface area (Å²) >= 11 is 3.39. The van der Waals surface area contributed by atoms with E-state index < -0.39 is 0 Å². The Morgan fingerprint density at radius 2 is 2.42 bits per heavy atom. The fraction of sp³-hybridized carbons (Fsp3) is 0.333.